The lowest BCUT2D eigenvalue weighted by Crippen LogP contribution is -2.18. The first kappa shape index (κ1) is 12.8. The van der Waals surface area contributed by atoms with Gasteiger partial charge in [0.1, 0.15) is 0 Å². The first-order valence-electron chi connectivity index (χ1n) is 6.02. The van der Waals surface area contributed by atoms with Crippen LogP contribution in [0.25, 0.3) is 0 Å². The van der Waals surface area contributed by atoms with Crippen molar-refractivity contribution >= 4 is 5.69 Å². The second-order valence-electron chi connectivity index (χ2n) is 4.86. The van der Waals surface area contributed by atoms with E-state index in [1.165, 1.54) is 11.3 Å². The molecule has 0 aliphatic heterocycles. The van der Waals surface area contributed by atoms with Crippen LogP contribution in [0.1, 0.15) is 26.7 Å². The summed E-state index contributed by atoms with van der Waals surface area (Å²) < 4.78 is 0. The third-order valence-corrected chi connectivity index (χ3v) is 2.69. The van der Waals surface area contributed by atoms with Gasteiger partial charge in [0.2, 0.25) is 0 Å². The number of para-hydroxylation sites is 1. The Bertz CT molecular complexity index is 313. The molecule has 1 heteroatoms. The molecule has 0 aliphatic carbocycles. The van der Waals surface area contributed by atoms with Gasteiger partial charge in [0, 0.05) is 19.3 Å². The lowest BCUT2D eigenvalue weighted by molar-refractivity contribution is 0.625. The molecule has 0 heterocycles. The van der Waals surface area contributed by atoms with Crippen molar-refractivity contribution in [2.75, 3.05) is 18.5 Å². The molecule has 0 unspecified atom stereocenters. The largest absolute Gasteiger partial charge is 0.374 e. The fourth-order valence-corrected chi connectivity index (χ4v) is 1.82. The van der Waals surface area contributed by atoms with Gasteiger partial charge in [-0.3, -0.25) is 0 Å². The van der Waals surface area contributed by atoms with Crippen molar-refractivity contribution in [1.29, 1.82) is 0 Å². The van der Waals surface area contributed by atoms with Crippen molar-refractivity contribution in [3.8, 4) is 0 Å². The SMILES string of the molecule is C=C(CCN(C)c1ccccc1)CC(C)C. The fraction of sp³-hybridized carbons (Fsp3) is 0.467. The van der Waals surface area contributed by atoms with Gasteiger partial charge in [0.15, 0.2) is 0 Å². The maximum Gasteiger partial charge on any atom is 0.0363 e. The van der Waals surface area contributed by atoms with Crippen LogP contribution >= 0.6 is 0 Å². The fourth-order valence-electron chi connectivity index (χ4n) is 1.82. The predicted molar refractivity (Wildman–Crippen MR) is 72.9 cm³/mol. The van der Waals surface area contributed by atoms with Gasteiger partial charge in [0.25, 0.3) is 0 Å². The van der Waals surface area contributed by atoms with Gasteiger partial charge in [0.05, 0.1) is 0 Å². The summed E-state index contributed by atoms with van der Waals surface area (Å²) in [5.41, 5.74) is 2.64. The summed E-state index contributed by atoms with van der Waals surface area (Å²) >= 11 is 0. The number of hydrogen-bond donors (Lipinski definition) is 0. The zero-order valence-electron chi connectivity index (χ0n) is 10.7. The van der Waals surface area contributed by atoms with Crippen molar-refractivity contribution < 1.29 is 0 Å². The Kier molecular flexibility index (Phi) is 5.10. The molecule has 16 heavy (non-hydrogen) atoms. The normalized spacial score (nSPS) is 10.5. The number of hydrogen-bond acceptors (Lipinski definition) is 1. The Morgan fingerprint density at radius 1 is 1.25 bits per heavy atom. The van der Waals surface area contributed by atoms with Crippen LogP contribution in [0.15, 0.2) is 42.5 Å². The van der Waals surface area contributed by atoms with E-state index >= 15 is 0 Å². The minimum Gasteiger partial charge on any atom is -0.374 e. The smallest absolute Gasteiger partial charge is 0.0363 e. The zero-order chi connectivity index (χ0) is 12.0. The lowest BCUT2D eigenvalue weighted by Gasteiger charge is -2.20. The quantitative estimate of drug-likeness (QED) is 0.648. The zero-order valence-corrected chi connectivity index (χ0v) is 10.7. The molecular formula is C15H23N. The monoisotopic (exact) mass is 217 g/mol. The van der Waals surface area contributed by atoms with E-state index in [1.807, 2.05) is 0 Å². The molecule has 1 aromatic carbocycles. The Labute approximate surface area is 99.8 Å². The Morgan fingerprint density at radius 2 is 1.88 bits per heavy atom. The molecule has 0 N–H and O–H groups in total. The van der Waals surface area contributed by atoms with E-state index in [0.29, 0.717) is 0 Å². The average Bonchev–Trinajstić information content (AvgIpc) is 2.26. The predicted octanol–water partition coefficient (Wildman–Crippen LogP) is 4.12. The molecule has 0 aliphatic rings. The van der Waals surface area contributed by atoms with E-state index in [4.69, 9.17) is 0 Å². The highest BCUT2D eigenvalue weighted by atomic mass is 15.1. The molecule has 0 radical (unpaired) electrons. The molecule has 0 saturated heterocycles. The molecule has 0 amide bonds. The second kappa shape index (κ2) is 6.37. The minimum absolute atomic E-state index is 0.717. The number of nitrogens with zero attached hydrogens (tertiary/aromatic N) is 1. The van der Waals surface area contributed by atoms with Gasteiger partial charge in [-0.15, -0.1) is 0 Å². The summed E-state index contributed by atoms with van der Waals surface area (Å²) in [5.74, 6) is 0.717. The third kappa shape index (κ3) is 4.52. The van der Waals surface area contributed by atoms with Crippen LogP contribution in [0.5, 0.6) is 0 Å². The summed E-state index contributed by atoms with van der Waals surface area (Å²) in [6, 6.07) is 10.5. The van der Waals surface area contributed by atoms with Crippen LogP contribution < -0.4 is 4.90 Å². The first-order valence-corrected chi connectivity index (χ1v) is 6.02. The number of anilines is 1. The van der Waals surface area contributed by atoms with Crippen LogP contribution in [0, 0.1) is 5.92 Å². The van der Waals surface area contributed by atoms with Crippen LogP contribution in [0.4, 0.5) is 5.69 Å². The lowest BCUT2D eigenvalue weighted by atomic mass is 10.0. The van der Waals surface area contributed by atoms with E-state index in [-0.39, 0.29) is 0 Å². The van der Waals surface area contributed by atoms with E-state index in [0.717, 1.165) is 25.3 Å². The molecule has 1 rings (SSSR count). The van der Waals surface area contributed by atoms with E-state index < -0.39 is 0 Å². The molecule has 0 atom stereocenters. The first-order chi connectivity index (χ1) is 7.59. The summed E-state index contributed by atoms with van der Waals surface area (Å²) in [6.07, 6.45) is 2.23. The molecule has 0 bridgehead atoms. The van der Waals surface area contributed by atoms with Gasteiger partial charge in [-0.2, -0.15) is 0 Å². The van der Waals surface area contributed by atoms with Gasteiger partial charge >= 0.3 is 0 Å². The number of benzene rings is 1. The van der Waals surface area contributed by atoms with Crippen molar-refractivity contribution in [2.45, 2.75) is 26.7 Å². The van der Waals surface area contributed by atoms with Gasteiger partial charge < -0.3 is 4.90 Å². The molecule has 1 nitrogen and oxygen atoms in total. The van der Waals surface area contributed by atoms with Crippen LogP contribution in [0.3, 0.4) is 0 Å². The molecule has 0 spiro atoms. The summed E-state index contributed by atoms with van der Waals surface area (Å²) in [4.78, 5) is 2.28. The van der Waals surface area contributed by atoms with Crippen molar-refractivity contribution in [2.24, 2.45) is 5.92 Å². The van der Waals surface area contributed by atoms with Gasteiger partial charge in [-0.05, 0) is 30.9 Å². The van der Waals surface area contributed by atoms with E-state index in [2.05, 4.69) is 62.7 Å². The Morgan fingerprint density at radius 3 is 2.44 bits per heavy atom. The topological polar surface area (TPSA) is 3.24 Å². The molecule has 88 valence electrons. The van der Waals surface area contributed by atoms with Crippen LogP contribution in [-0.2, 0) is 0 Å². The van der Waals surface area contributed by atoms with Crippen LogP contribution in [-0.4, -0.2) is 13.6 Å². The molecule has 0 aromatic heterocycles. The summed E-state index contributed by atoms with van der Waals surface area (Å²) in [5, 5.41) is 0. The van der Waals surface area contributed by atoms with Crippen molar-refractivity contribution in [3.05, 3.63) is 42.5 Å². The number of rotatable bonds is 6. The Hall–Kier alpha value is -1.24. The highest BCUT2D eigenvalue weighted by Crippen LogP contribution is 2.15. The molecular weight excluding hydrogens is 194 g/mol. The molecule has 0 saturated carbocycles. The second-order valence-corrected chi connectivity index (χ2v) is 4.86. The third-order valence-electron chi connectivity index (χ3n) is 2.69. The maximum absolute atomic E-state index is 4.13. The highest BCUT2D eigenvalue weighted by molar-refractivity contribution is 5.45. The summed E-state index contributed by atoms with van der Waals surface area (Å²) in [6.45, 7) is 9.67. The van der Waals surface area contributed by atoms with E-state index in [9.17, 15) is 0 Å². The minimum atomic E-state index is 0.717. The van der Waals surface area contributed by atoms with Crippen LogP contribution in [0.2, 0.25) is 0 Å². The van der Waals surface area contributed by atoms with Crippen molar-refractivity contribution in [3.63, 3.8) is 0 Å². The Balaban J connectivity index is 2.36. The summed E-state index contributed by atoms with van der Waals surface area (Å²) in [7, 11) is 2.14. The van der Waals surface area contributed by atoms with Crippen molar-refractivity contribution in [1.82, 2.24) is 0 Å². The van der Waals surface area contributed by atoms with Gasteiger partial charge in [-0.1, -0.05) is 44.2 Å². The molecule has 0 fully saturated rings. The average molecular weight is 217 g/mol. The maximum atomic E-state index is 4.13. The highest BCUT2D eigenvalue weighted by Gasteiger charge is 2.02. The van der Waals surface area contributed by atoms with E-state index in [1.54, 1.807) is 0 Å². The van der Waals surface area contributed by atoms with Gasteiger partial charge in [-0.25, -0.2) is 0 Å². The standard InChI is InChI=1S/C15H23N/c1-13(2)12-14(3)10-11-16(4)15-8-6-5-7-9-15/h5-9,13H,3,10-12H2,1-2,4H3. The molecule has 1 aromatic rings.